The van der Waals surface area contributed by atoms with Crippen molar-refractivity contribution >= 4 is 22.9 Å². The fourth-order valence-electron chi connectivity index (χ4n) is 2.08. The first kappa shape index (κ1) is 18.8. The second kappa shape index (κ2) is 10.4. The van der Waals surface area contributed by atoms with Crippen LogP contribution in [0.3, 0.4) is 0 Å². The molecule has 0 heterocycles. The second-order valence-electron chi connectivity index (χ2n) is 5.16. The molecule has 2 amide bonds. The molecule has 132 valence electrons. The van der Waals surface area contributed by atoms with Gasteiger partial charge >= 0.3 is 5.24 Å². The highest BCUT2D eigenvalue weighted by Crippen LogP contribution is 2.21. The molecule has 0 bridgehead atoms. The number of rotatable bonds is 8. The largest absolute Gasteiger partial charge is 0.492 e. The van der Waals surface area contributed by atoms with Crippen molar-refractivity contribution < 1.29 is 19.5 Å². The summed E-state index contributed by atoms with van der Waals surface area (Å²) in [5.41, 5.74) is 2.69. The lowest BCUT2D eigenvalue weighted by Gasteiger charge is -2.08. The van der Waals surface area contributed by atoms with E-state index >= 15 is 0 Å². The summed E-state index contributed by atoms with van der Waals surface area (Å²) in [5, 5.41) is 10.7. The molecule has 2 rings (SSSR count). The second-order valence-corrected chi connectivity index (χ2v) is 6.20. The standard InChI is InChI=1S/C18H20N2O4S/c21-17(11-6-14-4-2-1-3-5-14)19-12-13-24-15-7-9-16(10-8-15)25-18(22)20-23/h1-5,7-10,23H,6,11-13H2,(H,19,21)(H,20,22). The number of hydrogen-bond donors (Lipinski definition) is 3. The zero-order valence-electron chi connectivity index (χ0n) is 13.6. The van der Waals surface area contributed by atoms with Gasteiger partial charge in [-0.25, -0.2) is 5.48 Å². The molecule has 0 aliphatic carbocycles. The molecule has 0 spiro atoms. The summed E-state index contributed by atoms with van der Waals surface area (Å²) in [7, 11) is 0. The van der Waals surface area contributed by atoms with Gasteiger partial charge in [0.15, 0.2) is 0 Å². The Morgan fingerprint density at radius 3 is 2.44 bits per heavy atom. The van der Waals surface area contributed by atoms with Crippen LogP contribution in [0.5, 0.6) is 5.75 Å². The first-order valence-corrected chi connectivity index (χ1v) is 8.64. The minimum Gasteiger partial charge on any atom is -0.492 e. The van der Waals surface area contributed by atoms with Crippen molar-refractivity contribution in [1.82, 2.24) is 10.8 Å². The molecule has 0 aliphatic heterocycles. The van der Waals surface area contributed by atoms with Crippen molar-refractivity contribution in [2.75, 3.05) is 13.2 Å². The predicted octanol–water partition coefficient (Wildman–Crippen LogP) is 3.01. The van der Waals surface area contributed by atoms with Crippen molar-refractivity contribution in [3.8, 4) is 5.75 Å². The molecule has 0 atom stereocenters. The highest BCUT2D eigenvalue weighted by molar-refractivity contribution is 8.13. The van der Waals surface area contributed by atoms with Gasteiger partial charge in [0.1, 0.15) is 12.4 Å². The van der Waals surface area contributed by atoms with Crippen LogP contribution in [0.15, 0.2) is 59.5 Å². The topological polar surface area (TPSA) is 87.7 Å². The molecule has 0 fully saturated rings. The van der Waals surface area contributed by atoms with E-state index in [9.17, 15) is 9.59 Å². The Morgan fingerprint density at radius 2 is 1.76 bits per heavy atom. The quantitative estimate of drug-likeness (QED) is 0.291. The van der Waals surface area contributed by atoms with Gasteiger partial charge in [-0.3, -0.25) is 14.8 Å². The summed E-state index contributed by atoms with van der Waals surface area (Å²) in [4.78, 5) is 23.5. The Morgan fingerprint density at radius 1 is 1.04 bits per heavy atom. The van der Waals surface area contributed by atoms with Gasteiger partial charge in [-0.15, -0.1) is 0 Å². The van der Waals surface area contributed by atoms with Gasteiger partial charge < -0.3 is 10.1 Å². The maximum Gasteiger partial charge on any atom is 0.307 e. The third-order valence-electron chi connectivity index (χ3n) is 3.30. The molecular formula is C18H20N2O4S. The van der Waals surface area contributed by atoms with E-state index in [1.54, 1.807) is 29.7 Å². The molecule has 2 aromatic rings. The molecule has 7 heteroatoms. The van der Waals surface area contributed by atoms with Crippen molar-refractivity contribution in [1.29, 1.82) is 0 Å². The minimum atomic E-state index is -0.549. The summed E-state index contributed by atoms with van der Waals surface area (Å²) in [6.07, 6.45) is 1.16. The number of benzene rings is 2. The van der Waals surface area contributed by atoms with Crippen molar-refractivity contribution in [2.24, 2.45) is 0 Å². The molecule has 3 N–H and O–H groups in total. The maximum absolute atomic E-state index is 11.8. The van der Waals surface area contributed by atoms with E-state index in [4.69, 9.17) is 9.94 Å². The van der Waals surface area contributed by atoms with Gasteiger partial charge in [0, 0.05) is 11.3 Å². The molecule has 0 saturated carbocycles. The van der Waals surface area contributed by atoms with Crippen LogP contribution in [0.25, 0.3) is 0 Å². The molecule has 2 aromatic carbocycles. The minimum absolute atomic E-state index is 0.00535. The van der Waals surface area contributed by atoms with E-state index in [2.05, 4.69) is 5.32 Å². The molecule has 0 saturated heterocycles. The third-order valence-corrected chi connectivity index (χ3v) is 4.09. The fourth-order valence-corrected chi connectivity index (χ4v) is 2.62. The zero-order chi connectivity index (χ0) is 17.9. The van der Waals surface area contributed by atoms with Crippen LogP contribution in [0.1, 0.15) is 12.0 Å². The van der Waals surface area contributed by atoms with Gasteiger partial charge in [-0.2, -0.15) is 0 Å². The summed E-state index contributed by atoms with van der Waals surface area (Å²) < 4.78 is 5.53. The van der Waals surface area contributed by atoms with E-state index in [0.29, 0.717) is 36.6 Å². The molecule has 0 aliphatic rings. The van der Waals surface area contributed by atoms with Gasteiger partial charge in [-0.05, 0) is 48.0 Å². The van der Waals surface area contributed by atoms with Gasteiger partial charge in [0.25, 0.3) is 0 Å². The first-order chi connectivity index (χ1) is 12.2. The first-order valence-electron chi connectivity index (χ1n) is 7.83. The number of ether oxygens (including phenoxy) is 1. The summed E-state index contributed by atoms with van der Waals surface area (Å²) >= 11 is 0.876. The third kappa shape index (κ3) is 7.28. The Kier molecular flexibility index (Phi) is 7.81. The van der Waals surface area contributed by atoms with Gasteiger partial charge in [-0.1, -0.05) is 30.3 Å². The zero-order valence-corrected chi connectivity index (χ0v) is 14.4. The SMILES string of the molecule is O=C(CCc1ccccc1)NCCOc1ccc(SC(=O)NO)cc1. The molecule has 25 heavy (non-hydrogen) atoms. The highest BCUT2D eigenvalue weighted by Gasteiger charge is 2.04. The Hall–Kier alpha value is -2.51. The van der Waals surface area contributed by atoms with Crippen LogP contribution in [0.4, 0.5) is 4.79 Å². The predicted molar refractivity (Wildman–Crippen MR) is 95.9 cm³/mol. The Labute approximate surface area is 150 Å². The smallest absolute Gasteiger partial charge is 0.307 e. The molecule has 0 unspecified atom stereocenters. The van der Waals surface area contributed by atoms with Gasteiger partial charge in [0.05, 0.1) is 6.54 Å². The summed E-state index contributed by atoms with van der Waals surface area (Å²) in [5.74, 6) is 0.640. The van der Waals surface area contributed by atoms with E-state index < -0.39 is 5.24 Å². The van der Waals surface area contributed by atoms with Crippen LogP contribution in [-0.2, 0) is 11.2 Å². The molecule has 6 nitrogen and oxygen atoms in total. The van der Waals surface area contributed by atoms with Crippen LogP contribution >= 0.6 is 11.8 Å². The lowest BCUT2D eigenvalue weighted by atomic mass is 10.1. The van der Waals surface area contributed by atoms with Crippen LogP contribution < -0.4 is 15.5 Å². The average Bonchev–Trinajstić information content (AvgIpc) is 2.65. The van der Waals surface area contributed by atoms with Crippen LogP contribution in [0, 0.1) is 0 Å². The van der Waals surface area contributed by atoms with Crippen molar-refractivity contribution in [3.63, 3.8) is 0 Å². The number of hydrogen-bond acceptors (Lipinski definition) is 5. The van der Waals surface area contributed by atoms with Crippen molar-refractivity contribution in [2.45, 2.75) is 17.7 Å². The molecule has 0 aromatic heterocycles. The maximum atomic E-state index is 11.8. The Balaban J connectivity index is 1.62. The van der Waals surface area contributed by atoms with E-state index in [0.717, 1.165) is 17.3 Å². The number of carbonyl (C=O) groups excluding carboxylic acids is 2. The number of thioether (sulfide) groups is 1. The number of hydroxylamine groups is 1. The van der Waals surface area contributed by atoms with E-state index in [1.807, 2.05) is 30.3 Å². The Bertz CT molecular complexity index is 677. The molecule has 0 radical (unpaired) electrons. The normalized spacial score (nSPS) is 10.1. The fraction of sp³-hybridized carbons (Fsp3) is 0.222. The summed E-state index contributed by atoms with van der Waals surface area (Å²) in [6, 6.07) is 16.8. The molecular weight excluding hydrogens is 340 g/mol. The number of nitrogens with one attached hydrogen (secondary N) is 2. The van der Waals surface area contributed by atoms with E-state index in [-0.39, 0.29) is 5.91 Å². The van der Waals surface area contributed by atoms with Crippen LogP contribution in [0.2, 0.25) is 0 Å². The van der Waals surface area contributed by atoms with Gasteiger partial charge in [0.2, 0.25) is 5.91 Å². The number of aryl methyl sites for hydroxylation is 1. The number of carbonyl (C=O) groups is 2. The van der Waals surface area contributed by atoms with E-state index in [1.165, 1.54) is 0 Å². The highest BCUT2D eigenvalue weighted by atomic mass is 32.2. The summed E-state index contributed by atoms with van der Waals surface area (Å²) in [6.45, 7) is 0.789. The number of amides is 2. The lowest BCUT2D eigenvalue weighted by molar-refractivity contribution is -0.121. The van der Waals surface area contributed by atoms with Crippen LogP contribution in [-0.4, -0.2) is 29.5 Å². The van der Waals surface area contributed by atoms with Crippen molar-refractivity contribution in [3.05, 3.63) is 60.2 Å². The monoisotopic (exact) mass is 360 g/mol. The average molecular weight is 360 g/mol. The lowest BCUT2D eigenvalue weighted by Crippen LogP contribution is -2.28.